The predicted molar refractivity (Wildman–Crippen MR) is 100 cm³/mol. The Morgan fingerprint density at radius 3 is 1.54 bits per heavy atom. The summed E-state index contributed by atoms with van der Waals surface area (Å²) in [5.74, 6) is 0. The van der Waals surface area contributed by atoms with Gasteiger partial charge in [-0.2, -0.15) is 0 Å². The summed E-state index contributed by atoms with van der Waals surface area (Å²) in [5.41, 5.74) is 6.08. The van der Waals surface area contributed by atoms with E-state index in [0.717, 1.165) is 21.8 Å². The minimum Gasteiger partial charge on any atom is -0.443 e. The van der Waals surface area contributed by atoms with E-state index in [9.17, 15) is 4.79 Å². The van der Waals surface area contributed by atoms with Gasteiger partial charge in [-0.05, 0) is 95.0 Å². The Bertz CT molecular complexity index is 906. The normalized spacial score (nSPS) is 12.1. The minimum atomic E-state index is -0.528. The van der Waals surface area contributed by atoms with Crippen LogP contribution >= 0.6 is 0 Å². The Kier molecular flexibility index (Phi) is 3.71. The average Bonchev–Trinajstić information content (AvgIpc) is 2.71. The number of fused-ring (bicyclic) bond motifs is 3. The van der Waals surface area contributed by atoms with Crippen LogP contribution in [0.4, 0.5) is 4.79 Å². The summed E-state index contributed by atoms with van der Waals surface area (Å²) in [6, 6.07) is 8.50. The minimum absolute atomic E-state index is 0.325. The zero-order valence-electron chi connectivity index (χ0n) is 15.6. The van der Waals surface area contributed by atoms with Crippen LogP contribution in [0.2, 0.25) is 0 Å². The van der Waals surface area contributed by atoms with Crippen molar-refractivity contribution in [2.24, 2.45) is 0 Å². The third kappa shape index (κ3) is 2.68. The van der Waals surface area contributed by atoms with E-state index in [-0.39, 0.29) is 6.09 Å². The first-order valence-electron chi connectivity index (χ1n) is 8.34. The summed E-state index contributed by atoms with van der Waals surface area (Å²) in [4.78, 5) is 12.9. The SMILES string of the molecule is Cc1cc2c3cc(C)c(C)cc3n(C(=O)OC(C)(C)C)c2cc1C. The molecule has 3 aromatic rings. The smallest absolute Gasteiger partial charge is 0.419 e. The molecule has 0 aliphatic carbocycles. The fraction of sp³-hybridized carbons (Fsp3) is 0.381. The third-order valence-corrected chi connectivity index (χ3v) is 4.57. The van der Waals surface area contributed by atoms with Crippen LogP contribution in [0.5, 0.6) is 0 Å². The van der Waals surface area contributed by atoms with Gasteiger partial charge in [0.2, 0.25) is 0 Å². The standard InChI is InChI=1S/C21H25NO2/c1-12-8-16-17-9-13(2)15(4)11-19(17)22(18(16)10-14(12)3)20(23)24-21(5,6)7/h8-11H,1-7H3. The highest BCUT2D eigenvalue weighted by atomic mass is 16.6. The van der Waals surface area contributed by atoms with E-state index < -0.39 is 5.60 Å². The van der Waals surface area contributed by atoms with Gasteiger partial charge in [-0.1, -0.05) is 0 Å². The molecule has 1 aromatic heterocycles. The maximum atomic E-state index is 12.9. The molecule has 0 fully saturated rings. The first-order valence-corrected chi connectivity index (χ1v) is 8.34. The Labute approximate surface area is 143 Å². The quantitative estimate of drug-likeness (QED) is 0.522. The number of aryl methyl sites for hydroxylation is 4. The van der Waals surface area contributed by atoms with Crippen LogP contribution in [0.25, 0.3) is 21.8 Å². The molecule has 0 amide bonds. The lowest BCUT2D eigenvalue weighted by Crippen LogP contribution is -2.27. The number of ether oxygens (including phenoxy) is 1. The molecule has 0 radical (unpaired) electrons. The molecule has 0 spiro atoms. The van der Waals surface area contributed by atoms with Crippen molar-refractivity contribution in [3.05, 3.63) is 46.5 Å². The van der Waals surface area contributed by atoms with Crippen LogP contribution in [0.15, 0.2) is 24.3 Å². The van der Waals surface area contributed by atoms with Crippen molar-refractivity contribution in [3.8, 4) is 0 Å². The van der Waals surface area contributed by atoms with E-state index in [0.29, 0.717) is 0 Å². The van der Waals surface area contributed by atoms with E-state index in [1.165, 1.54) is 22.3 Å². The van der Waals surface area contributed by atoms with Crippen molar-refractivity contribution >= 4 is 27.9 Å². The van der Waals surface area contributed by atoms with Crippen LogP contribution < -0.4 is 0 Å². The number of rotatable bonds is 0. The van der Waals surface area contributed by atoms with E-state index in [1.807, 2.05) is 20.8 Å². The molecule has 0 unspecified atom stereocenters. The zero-order valence-corrected chi connectivity index (χ0v) is 15.6. The van der Waals surface area contributed by atoms with E-state index in [1.54, 1.807) is 4.57 Å². The highest BCUT2D eigenvalue weighted by Gasteiger charge is 2.23. The fourth-order valence-corrected chi connectivity index (χ4v) is 3.04. The van der Waals surface area contributed by atoms with Gasteiger partial charge >= 0.3 is 6.09 Å². The molecule has 0 saturated heterocycles. The van der Waals surface area contributed by atoms with Crippen molar-refractivity contribution in [1.29, 1.82) is 0 Å². The molecule has 3 nitrogen and oxygen atoms in total. The van der Waals surface area contributed by atoms with Crippen molar-refractivity contribution in [1.82, 2.24) is 4.57 Å². The summed E-state index contributed by atoms with van der Waals surface area (Å²) in [7, 11) is 0. The first-order chi connectivity index (χ1) is 11.1. The van der Waals surface area contributed by atoms with Gasteiger partial charge in [0.15, 0.2) is 0 Å². The van der Waals surface area contributed by atoms with Crippen LogP contribution in [0.1, 0.15) is 43.0 Å². The Balaban J connectivity index is 2.42. The third-order valence-electron chi connectivity index (χ3n) is 4.57. The number of nitrogens with zero attached hydrogens (tertiary/aromatic N) is 1. The Morgan fingerprint density at radius 1 is 0.792 bits per heavy atom. The molecule has 126 valence electrons. The van der Waals surface area contributed by atoms with Crippen LogP contribution in [0.3, 0.4) is 0 Å². The molecular weight excluding hydrogens is 298 g/mol. The molecule has 0 aliphatic rings. The van der Waals surface area contributed by atoms with E-state index >= 15 is 0 Å². The maximum Gasteiger partial charge on any atom is 0.419 e. The number of aromatic nitrogens is 1. The second-order valence-electron chi connectivity index (χ2n) is 7.72. The highest BCUT2D eigenvalue weighted by molar-refractivity contribution is 6.13. The molecule has 3 rings (SSSR count). The monoisotopic (exact) mass is 323 g/mol. The molecule has 0 N–H and O–H groups in total. The summed E-state index contributed by atoms with van der Waals surface area (Å²) >= 11 is 0. The molecular formula is C21H25NO2. The fourth-order valence-electron chi connectivity index (χ4n) is 3.04. The van der Waals surface area contributed by atoms with Gasteiger partial charge in [0.05, 0.1) is 11.0 Å². The second kappa shape index (κ2) is 5.37. The lowest BCUT2D eigenvalue weighted by Gasteiger charge is -2.20. The molecule has 0 aliphatic heterocycles. The summed E-state index contributed by atoms with van der Waals surface area (Å²) in [5, 5.41) is 2.20. The van der Waals surface area contributed by atoms with Gasteiger partial charge in [0.1, 0.15) is 5.60 Å². The number of hydrogen-bond acceptors (Lipinski definition) is 2. The van der Waals surface area contributed by atoms with Crippen molar-refractivity contribution in [2.75, 3.05) is 0 Å². The van der Waals surface area contributed by atoms with Gasteiger partial charge in [-0.3, -0.25) is 0 Å². The molecule has 3 heteroatoms. The van der Waals surface area contributed by atoms with E-state index in [2.05, 4.69) is 52.0 Å². The van der Waals surface area contributed by atoms with Crippen molar-refractivity contribution in [3.63, 3.8) is 0 Å². The van der Waals surface area contributed by atoms with Crippen molar-refractivity contribution in [2.45, 2.75) is 54.1 Å². The summed E-state index contributed by atoms with van der Waals surface area (Å²) in [6.45, 7) is 14.0. The maximum absolute atomic E-state index is 12.9. The first kappa shape index (κ1) is 16.6. The van der Waals surface area contributed by atoms with Gasteiger partial charge in [0, 0.05) is 10.8 Å². The summed E-state index contributed by atoms with van der Waals surface area (Å²) in [6.07, 6.45) is -0.325. The van der Waals surface area contributed by atoms with Crippen LogP contribution in [-0.4, -0.2) is 16.3 Å². The largest absolute Gasteiger partial charge is 0.443 e. The Hall–Kier alpha value is -2.29. The zero-order chi connectivity index (χ0) is 17.8. The van der Waals surface area contributed by atoms with Gasteiger partial charge < -0.3 is 4.74 Å². The molecule has 0 atom stereocenters. The lowest BCUT2D eigenvalue weighted by molar-refractivity contribution is 0.0551. The van der Waals surface area contributed by atoms with Crippen LogP contribution in [-0.2, 0) is 4.74 Å². The summed E-state index contributed by atoms with van der Waals surface area (Å²) < 4.78 is 7.38. The number of carbonyl (C=O) groups is 1. The number of benzene rings is 2. The van der Waals surface area contributed by atoms with Gasteiger partial charge in [-0.25, -0.2) is 9.36 Å². The lowest BCUT2D eigenvalue weighted by atomic mass is 10.0. The molecule has 0 bridgehead atoms. The topological polar surface area (TPSA) is 31.2 Å². The Morgan fingerprint density at radius 2 is 1.17 bits per heavy atom. The predicted octanol–water partition coefficient (Wildman–Crippen LogP) is 5.81. The molecule has 0 saturated carbocycles. The van der Waals surface area contributed by atoms with Crippen LogP contribution in [0, 0.1) is 27.7 Å². The van der Waals surface area contributed by atoms with E-state index in [4.69, 9.17) is 4.74 Å². The van der Waals surface area contributed by atoms with Gasteiger partial charge in [0.25, 0.3) is 0 Å². The number of carbonyl (C=O) groups excluding carboxylic acids is 1. The second-order valence-corrected chi connectivity index (χ2v) is 7.72. The van der Waals surface area contributed by atoms with Crippen molar-refractivity contribution < 1.29 is 9.53 Å². The molecule has 1 heterocycles. The highest BCUT2D eigenvalue weighted by Crippen LogP contribution is 2.33. The molecule has 24 heavy (non-hydrogen) atoms. The van der Waals surface area contributed by atoms with Gasteiger partial charge in [-0.15, -0.1) is 0 Å². The molecule has 2 aromatic carbocycles. The average molecular weight is 323 g/mol. The number of hydrogen-bond donors (Lipinski definition) is 0.